The molecule has 1 saturated heterocycles. The molecule has 3 aromatic rings. The zero-order valence-corrected chi connectivity index (χ0v) is 22.7. The van der Waals surface area contributed by atoms with Crippen molar-refractivity contribution in [3.8, 4) is 16.9 Å². The molecule has 3 aromatic carbocycles. The van der Waals surface area contributed by atoms with Gasteiger partial charge in [-0.1, -0.05) is 42.5 Å². The van der Waals surface area contributed by atoms with E-state index in [4.69, 9.17) is 15.2 Å². The van der Waals surface area contributed by atoms with Gasteiger partial charge in [0, 0.05) is 24.3 Å². The molecule has 0 radical (unpaired) electrons. The third-order valence-corrected chi connectivity index (χ3v) is 7.11. The summed E-state index contributed by atoms with van der Waals surface area (Å²) in [6.45, 7) is 3.66. The lowest BCUT2D eigenvalue weighted by Crippen LogP contribution is -2.51. The summed E-state index contributed by atoms with van der Waals surface area (Å²) >= 11 is 0. The molecule has 2 fully saturated rings. The van der Waals surface area contributed by atoms with Gasteiger partial charge >= 0.3 is 0 Å². The third-order valence-electron chi connectivity index (χ3n) is 7.11. The van der Waals surface area contributed by atoms with Crippen molar-refractivity contribution >= 4 is 35.6 Å². The minimum Gasteiger partial charge on any atom is -0.491 e. The smallest absolute Gasteiger partial charge is 0.255 e. The summed E-state index contributed by atoms with van der Waals surface area (Å²) in [4.78, 5) is 28.8. The van der Waals surface area contributed by atoms with E-state index in [1.807, 2.05) is 54.6 Å². The lowest BCUT2D eigenvalue weighted by atomic mass is 10.1. The molecule has 1 aliphatic carbocycles. The Labute approximate surface area is 235 Å². The van der Waals surface area contributed by atoms with Crippen molar-refractivity contribution in [1.82, 2.24) is 4.90 Å². The molecule has 206 valence electrons. The number of rotatable bonds is 10. The Balaban J connectivity index is 0.00000353. The minimum absolute atomic E-state index is 0. The number of nitrogens with zero attached hydrogens (tertiary/aromatic N) is 1. The number of ether oxygens (including phenoxy) is 2. The Bertz CT molecular complexity index is 1260. The molecule has 2 aliphatic rings. The van der Waals surface area contributed by atoms with Crippen LogP contribution in [0.4, 0.5) is 11.4 Å². The lowest BCUT2D eigenvalue weighted by Gasteiger charge is -2.34. The quantitative estimate of drug-likeness (QED) is 0.320. The van der Waals surface area contributed by atoms with Crippen LogP contribution in [0, 0.1) is 0 Å². The van der Waals surface area contributed by atoms with Crippen molar-refractivity contribution in [3.05, 3.63) is 78.4 Å². The number of halogens is 1. The summed E-state index contributed by atoms with van der Waals surface area (Å²) in [5.74, 6) is 0.182. The van der Waals surface area contributed by atoms with Crippen molar-refractivity contribution < 1.29 is 19.1 Å². The fourth-order valence-electron chi connectivity index (χ4n) is 4.78. The molecule has 1 heterocycles. The molecule has 1 aliphatic heterocycles. The molecule has 5 rings (SSSR count). The van der Waals surface area contributed by atoms with Gasteiger partial charge in [0.2, 0.25) is 5.91 Å². The predicted octanol–water partition coefficient (Wildman–Crippen LogP) is 4.56. The summed E-state index contributed by atoms with van der Waals surface area (Å²) in [7, 11) is 0. The topological polar surface area (TPSA) is 106 Å². The van der Waals surface area contributed by atoms with Crippen LogP contribution in [0.3, 0.4) is 0 Å². The summed E-state index contributed by atoms with van der Waals surface area (Å²) in [6, 6.07) is 22.9. The van der Waals surface area contributed by atoms with Gasteiger partial charge in [-0.05, 0) is 67.3 Å². The van der Waals surface area contributed by atoms with Crippen LogP contribution in [0.15, 0.2) is 72.8 Å². The summed E-state index contributed by atoms with van der Waals surface area (Å²) in [6.07, 6.45) is 2.30. The number of carbonyl (C=O) groups excluding carboxylic acids is 2. The molecule has 0 unspecified atom stereocenters. The van der Waals surface area contributed by atoms with E-state index in [0.29, 0.717) is 55.5 Å². The fourth-order valence-corrected chi connectivity index (χ4v) is 4.78. The normalized spacial score (nSPS) is 16.0. The maximum absolute atomic E-state index is 13.4. The Hall–Kier alpha value is -3.43. The second-order valence-corrected chi connectivity index (χ2v) is 9.68. The number of hydrogen-bond donors (Lipinski definition) is 3. The summed E-state index contributed by atoms with van der Waals surface area (Å²) in [5, 5.41) is 6.02. The van der Waals surface area contributed by atoms with Crippen LogP contribution in [0.2, 0.25) is 0 Å². The van der Waals surface area contributed by atoms with E-state index in [0.717, 1.165) is 37.1 Å². The molecule has 0 atom stereocenters. The van der Waals surface area contributed by atoms with Gasteiger partial charge in [0.15, 0.2) is 0 Å². The number of amides is 2. The number of nitrogens with two attached hydrogens (primary N) is 1. The monoisotopic (exact) mass is 550 g/mol. The van der Waals surface area contributed by atoms with Gasteiger partial charge in [0.05, 0.1) is 25.5 Å². The van der Waals surface area contributed by atoms with Gasteiger partial charge < -0.3 is 25.8 Å². The summed E-state index contributed by atoms with van der Waals surface area (Å²) in [5.41, 5.74) is 8.89. The number of anilines is 2. The second-order valence-electron chi connectivity index (χ2n) is 9.68. The first-order valence-corrected chi connectivity index (χ1v) is 13.2. The van der Waals surface area contributed by atoms with Crippen molar-refractivity contribution in [2.45, 2.75) is 24.8 Å². The number of benzene rings is 3. The molecular weight excluding hydrogens is 516 g/mol. The summed E-state index contributed by atoms with van der Waals surface area (Å²) < 4.78 is 11.4. The zero-order valence-electron chi connectivity index (χ0n) is 21.9. The molecule has 4 N–H and O–H groups in total. The Morgan fingerprint density at radius 1 is 0.923 bits per heavy atom. The van der Waals surface area contributed by atoms with Crippen molar-refractivity contribution in [1.29, 1.82) is 0 Å². The molecular formula is C30H35ClN4O4. The molecule has 2 amide bonds. The van der Waals surface area contributed by atoms with E-state index < -0.39 is 5.54 Å². The lowest BCUT2D eigenvalue weighted by molar-refractivity contribution is -0.124. The molecule has 1 saturated carbocycles. The average Bonchev–Trinajstić information content (AvgIpc) is 3.78. The highest BCUT2D eigenvalue weighted by molar-refractivity contribution is 6.07. The van der Waals surface area contributed by atoms with Crippen LogP contribution >= 0.6 is 12.4 Å². The molecule has 8 nitrogen and oxygen atoms in total. The van der Waals surface area contributed by atoms with E-state index in [-0.39, 0.29) is 24.2 Å². The van der Waals surface area contributed by atoms with Crippen molar-refractivity contribution in [2.75, 3.05) is 50.1 Å². The van der Waals surface area contributed by atoms with E-state index in [9.17, 15) is 9.59 Å². The van der Waals surface area contributed by atoms with Crippen LogP contribution < -0.4 is 21.1 Å². The highest BCUT2D eigenvalue weighted by Crippen LogP contribution is 2.43. The molecule has 0 spiro atoms. The van der Waals surface area contributed by atoms with Gasteiger partial charge in [0.1, 0.15) is 11.3 Å². The second kappa shape index (κ2) is 13.1. The third kappa shape index (κ3) is 6.78. The standard InChI is InChI=1S/C30H34N4O4.ClH/c31-15-4-18-38-27-12-9-24(21-26(27)33-29(36)30(13-14-30)34-16-19-37-20-17-34)28(35)32-25-10-7-23(8-11-25)22-5-2-1-3-6-22;/h1-3,5-12,21H,4,13-20,31H2,(H,32,35)(H,33,36);1H. The number of nitrogens with one attached hydrogen (secondary N) is 2. The van der Waals surface area contributed by atoms with Crippen LogP contribution in [0.5, 0.6) is 5.75 Å². The SMILES string of the molecule is Cl.NCCCOc1ccc(C(=O)Nc2ccc(-c3ccccc3)cc2)cc1NC(=O)C1(N2CCOCC2)CC1. The maximum Gasteiger partial charge on any atom is 0.255 e. The zero-order chi connectivity index (χ0) is 26.4. The van der Waals surface area contributed by atoms with E-state index in [1.54, 1.807) is 18.2 Å². The largest absolute Gasteiger partial charge is 0.491 e. The minimum atomic E-state index is -0.517. The number of hydrogen-bond acceptors (Lipinski definition) is 6. The number of carbonyl (C=O) groups is 2. The van der Waals surface area contributed by atoms with Gasteiger partial charge in [-0.2, -0.15) is 0 Å². The Morgan fingerprint density at radius 2 is 1.62 bits per heavy atom. The van der Waals surface area contributed by atoms with E-state index in [1.165, 1.54) is 0 Å². The first kappa shape index (κ1) is 28.6. The first-order valence-electron chi connectivity index (χ1n) is 13.2. The van der Waals surface area contributed by atoms with Gasteiger partial charge in [0.25, 0.3) is 5.91 Å². The molecule has 39 heavy (non-hydrogen) atoms. The highest BCUT2D eigenvalue weighted by atomic mass is 35.5. The van der Waals surface area contributed by atoms with Gasteiger partial charge in [-0.15, -0.1) is 12.4 Å². The van der Waals surface area contributed by atoms with Gasteiger partial charge in [-0.3, -0.25) is 14.5 Å². The molecule has 9 heteroatoms. The van der Waals surface area contributed by atoms with E-state index >= 15 is 0 Å². The van der Waals surface area contributed by atoms with Crippen molar-refractivity contribution in [2.24, 2.45) is 5.73 Å². The van der Waals surface area contributed by atoms with Gasteiger partial charge in [-0.25, -0.2) is 0 Å². The van der Waals surface area contributed by atoms with Crippen molar-refractivity contribution in [3.63, 3.8) is 0 Å². The van der Waals surface area contributed by atoms with Crippen LogP contribution in [-0.2, 0) is 9.53 Å². The Kier molecular flexibility index (Phi) is 9.59. The molecule has 0 aromatic heterocycles. The highest BCUT2D eigenvalue weighted by Gasteiger charge is 2.54. The Morgan fingerprint density at radius 3 is 2.28 bits per heavy atom. The first-order chi connectivity index (χ1) is 18.6. The number of morpholine rings is 1. The molecule has 0 bridgehead atoms. The average molecular weight is 551 g/mol. The van der Waals surface area contributed by atoms with Crippen LogP contribution in [0.25, 0.3) is 11.1 Å². The van der Waals surface area contributed by atoms with Crippen LogP contribution in [-0.4, -0.2) is 61.7 Å². The predicted molar refractivity (Wildman–Crippen MR) is 156 cm³/mol. The van der Waals surface area contributed by atoms with Crippen LogP contribution in [0.1, 0.15) is 29.6 Å². The van der Waals surface area contributed by atoms with E-state index in [2.05, 4.69) is 15.5 Å². The maximum atomic E-state index is 13.4. The fraction of sp³-hybridized carbons (Fsp3) is 0.333.